The second-order valence-corrected chi connectivity index (χ2v) is 5.85. The minimum atomic E-state index is -0.390. The van der Waals surface area contributed by atoms with E-state index in [1.807, 2.05) is 44.2 Å². The van der Waals surface area contributed by atoms with Crippen LogP contribution < -0.4 is 15.4 Å². The Balaban J connectivity index is 1.73. The predicted octanol–water partition coefficient (Wildman–Crippen LogP) is 0.781. The summed E-state index contributed by atoms with van der Waals surface area (Å²) in [5, 5.41) is 5.64. The van der Waals surface area contributed by atoms with Crippen molar-refractivity contribution >= 4 is 11.8 Å². The number of amides is 2. The number of benzene rings is 1. The van der Waals surface area contributed by atoms with E-state index in [1.54, 1.807) is 0 Å². The van der Waals surface area contributed by atoms with Crippen LogP contribution in [0.3, 0.4) is 0 Å². The van der Waals surface area contributed by atoms with Crippen molar-refractivity contribution in [3.05, 3.63) is 30.3 Å². The van der Waals surface area contributed by atoms with Gasteiger partial charge in [-0.05, 0) is 26.0 Å². The summed E-state index contributed by atoms with van der Waals surface area (Å²) in [6, 6.07) is 9.30. The molecule has 6 heteroatoms. The highest BCUT2D eigenvalue weighted by Crippen LogP contribution is 2.12. The van der Waals surface area contributed by atoms with E-state index in [2.05, 4.69) is 15.5 Å². The van der Waals surface area contributed by atoms with E-state index in [0.717, 1.165) is 12.3 Å². The monoisotopic (exact) mass is 319 g/mol. The lowest BCUT2D eigenvalue weighted by Gasteiger charge is -2.37. The molecule has 0 bridgehead atoms. The molecule has 1 fully saturated rings. The molecule has 0 aliphatic carbocycles. The van der Waals surface area contributed by atoms with Gasteiger partial charge in [0.1, 0.15) is 12.4 Å². The normalized spacial score (nSPS) is 18.6. The summed E-state index contributed by atoms with van der Waals surface area (Å²) in [6.45, 7) is 6.32. The average Bonchev–Trinajstić information content (AvgIpc) is 2.54. The summed E-state index contributed by atoms with van der Waals surface area (Å²) in [6.07, 6.45) is 0.176. The summed E-state index contributed by atoms with van der Waals surface area (Å²) in [5.74, 6) is 0.578. The van der Waals surface area contributed by atoms with E-state index in [9.17, 15) is 9.59 Å². The molecule has 0 radical (unpaired) electrons. The number of rotatable bonds is 7. The highest BCUT2D eigenvalue weighted by Gasteiger charge is 2.32. The number of nitrogens with zero attached hydrogens (tertiary/aromatic N) is 1. The van der Waals surface area contributed by atoms with Gasteiger partial charge in [0.2, 0.25) is 11.8 Å². The minimum absolute atomic E-state index is 0.0689. The van der Waals surface area contributed by atoms with Crippen molar-refractivity contribution < 1.29 is 14.3 Å². The molecule has 2 N–H and O–H groups in total. The number of carbonyl (C=O) groups is 2. The third kappa shape index (κ3) is 5.25. The lowest BCUT2D eigenvalue weighted by molar-refractivity contribution is -0.134. The number of nitrogens with one attached hydrogen (secondary N) is 2. The molecule has 0 saturated carbocycles. The first-order valence-corrected chi connectivity index (χ1v) is 8.06. The Kier molecular flexibility index (Phi) is 6.40. The zero-order chi connectivity index (χ0) is 16.7. The van der Waals surface area contributed by atoms with Gasteiger partial charge in [-0.15, -0.1) is 0 Å². The van der Waals surface area contributed by atoms with Crippen molar-refractivity contribution in [2.75, 3.05) is 26.2 Å². The first kappa shape index (κ1) is 17.3. The fraction of sp³-hybridized carbons (Fsp3) is 0.529. The Morgan fingerprint density at radius 2 is 2.13 bits per heavy atom. The van der Waals surface area contributed by atoms with Crippen LogP contribution in [0.5, 0.6) is 5.75 Å². The van der Waals surface area contributed by atoms with Crippen LogP contribution in [-0.4, -0.2) is 55.0 Å². The molecule has 1 heterocycles. The van der Waals surface area contributed by atoms with Crippen molar-refractivity contribution in [2.24, 2.45) is 0 Å². The van der Waals surface area contributed by atoms with Crippen molar-refractivity contribution in [1.29, 1.82) is 0 Å². The fourth-order valence-corrected chi connectivity index (χ4v) is 2.68. The number of hydrogen-bond acceptors (Lipinski definition) is 4. The van der Waals surface area contributed by atoms with Gasteiger partial charge in [0, 0.05) is 19.1 Å². The highest BCUT2D eigenvalue weighted by molar-refractivity contribution is 5.88. The van der Waals surface area contributed by atoms with Crippen molar-refractivity contribution in [1.82, 2.24) is 15.5 Å². The molecule has 1 saturated heterocycles. The van der Waals surface area contributed by atoms with Crippen LogP contribution in [-0.2, 0) is 9.59 Å². The summed E-state index contributed by atoms with van der Waals surface area (Å²) < 4.78 is 5.52. The standard InChI is InChI=1S/C17H25N3O3/c1-13(2)20-10-8-19-17(22)15(20)12-16(21)18-9-11-23-14-6-4-3-5-7-14/h3-7,13,15H,8-12H2,1-2H3,(H,18,21)(H,19,22)/t15-/m1/s1. The number of piperazine rings is 1. The zero-order valence-electron chi connectivity index (χ0n) is 13.7. The molecule has 6 nitrogen and oxygen atoms in total. The largest absolute Gasteiger partial charge is 0.492 e. The Morgan fingerprint density at radius 1 is 1.39 bits per heavy atom. The molecule has 0 unspecified atom stereocenters. The molecule has 1 aliphatic rings. The molecule has 23 heavy (non-hydrogen) atoms. The molecule has 2 rings (SSSR count). The summed E-state index contributed by atoms with van der Waals surface area (Å²) in [7, 11) is 0. The molecule has 1 aromatic rings. The van der Waals surface area contributed by atoms with Gasteiger partial charge in [-0.25, -0.2) is 0 Å². The smallest absolute Gasteiger partial charge is 0.237 e. The van der Waals surface area contributed by atoms with Gasteiger partial charge in [0.15, 0.2) is 0 Å². The minimum Gasteiger partial charge on any atom is -0.492 e. The van der Waals surface area contributed by atoms with Crippen LogP contribution >= 0.6 is 0 Å². The maximum atomic E-state index is 12.1. The van der Waals surface area contributed by atoms with E-state index >= 15 is 0 Å². The fourth-order valence-electron chi connectivity index (χ4n) is 2.68. The Bertz CT molecular complexity index is 519. The molecule has 126 valence electrons. The number of para-hydroxylation sites is 1. The zero-order valence-corrected chi connectivity index (χ0v) is 13.7. The van der Waals surface area contributed by atoms with E-state index in [0.29, 0.717) is 19.7 Å². The molecular formula is C17H25N3O3. The van der Waals surface area contributed by atoms with Crippen LogP contribution in [0.2, 0.25) is 0 Å². The molecule has 1 aliphatic heterocycles. The lowest BCUT2D eigenvalue weighted by Crippen LogP contribution is -2.58. The Morgan fingerprint density at radius 3 is 2.83 bits per heavy atom. The van der Waals surface area contributed by atoms with Gasteiger partial charge < -0.3 is 15.4 Å². The quantitative estimate of drug-likeness (QED) is 0.729. The van der Waals surface area contributed by atoms with Gasteiger partial charge in [-0.3, -0.25) is 14.5 Å². The van der Waals surface area contributed by atoms with E-state index in [4.69, 9.17) is 4.74 Å². The molecular weight excluding hydrogens is 294 g/mol. The first-order chi connectivity index (χ1) is 11.1. The Labute approximate surface area is 137 Å². The van der Waals surface area contributed by atoms with Crippen molar-refractivity contribution in [3.63, 3.8) is 0 Å². The van der Waals surface area contributed by atoms with E-state index < -0.39 is 6.04 Å². The Hall–Kier alpha value is -2.08. The second-order valence-electron chi connectivity index (χ2n) is 5.85. The van der Waals surface area contributed by atoms with Gasteiger partial charge in [-0.2, -0.15) is 0 Å². The second kappa shape index (κ2) is 8.53. The third-order valence-electron chi connectivity index (χ3n) is 3.85. The average molecular weight is 319 g/mol. The van der Waals surface area contributed by atoms with Crippen LogP contribution in [0.25, 0.3) is 0 Å². The number of carbonyl (C=O) groups excluding carboxylic acids is 2. The lowest BCUT2D eigenvalue weighted by atomic mass is 10.1. The highest BCUT2D eigenvalue weighted by atomic mass is 16.5. The molecule has 0 spiro atoms. The van der Waals surface area contributed by atoms with E-state index in [-0.39, 0.29) is 24.3 Å². The molecule has 0 aromatic heterocycles. The van der Waals surface area contributed by atoms with Crippen LogP contribution in [0.15, 0.2) is 30.3 Å². The number of hydrogen-bond donors (Lipinski definition) is 2. The van der Waals surface area contributed by atoms with Gasteiger partial charge >= 0.3 is 0 Å². The van der Waals surface area contributed by atoms with Crippen LogP contribution in [0, 0.1) is 0 Å². The summed E-state index contributed by atoms with van der Waals surface area (Å²) in [4.78, 5) is 26.1. The molecule has 2 amide bonds. The number of ether oxygens (including phenoxy) is 1. The third-order valence-corrected chi connectivity index (χ3v) is 3.85. The van der Waals surface area contributed by atoms with Gasteiger partial charge in [0.25, 0.3) is 0 Å². The van der Waals surface area contributed by atoms with Gasteiger partial charge in [-0.1, -0.05) is 18.2 Å². The maximum Gasteiger partial charge on any atom is 0.237 e. The van der Waals surface area contributed by atoms with Gasteiger partial charge in [0.05, 0.1) is 19.0 Å². The van der Waals surface area contributed by atoms with Crippen molar-refractivity contribution in [3.8, 4) is 5.75 Å². The predicted molar refractivity (Wildman–Crippen MR) is 88.2 cm³/mol. The SMILES string of the molecule is CC(C)N1CCNC(=O)[C@H]1CC(=O)NCCOc1ccccc1. The maximum absolute atomic E-state index is 12.1. The summed E-state index contributed by atoms with van der Waals surface area (Å²) in [5.41, 5.74) is 0. The topological polar surface area (TPSA) is 70.7 Å². The van der Waals surface area contributed by atoms with Crippen LogP contribution in [0.4, 0.5) is 0 Å². The van der Waals surface area contributed by atoms with Crippen molar-refractivity contribution in [2.45, 2.75) is 32.4 Å². The van der Waals surface area contributed by atoms with Crippen LogP contribution in [0.1, 0.15) is 20.3 Å². The molecule has 1 atom stereocenters. The summed E-state index contributed by atoms with van der Waals surface area (Å²) >= 11 is 0. The van der Waals surface area contributed by atoms with E-state index in [1.165, 1.54) is 0 Å². The molecule has 1 aromatic carbocycles. The first-order valence-electron chi connectivity index (χ1n) is 8.06.